The summed E-state index contributed by atoms with van der Waals surface area (Å²) in [5, 5.41) is 0.755. The number of alkyl halides is 1. The summed E-state index contributed by atoms with van der Waals surface area (Å²) in [7, 11) is 0. The summed E-state index contributed by atoms with van der Waals surface area (Å²) >= 11 is 11.9. The van der Waals surface area contributed by atoms with Crippen LogP contribution in [-0.4, -0.2) is 14.5 Å². The van der Waals surface area contributed by atoms with E-state index in [1.54, 1.807) is 0 Å². The minimum Gasteiger partial charge on any atom is -0.311 e. The van der Waals surface area contributed by atoms with Gasteiger partial charge >= 0.3 is 0 Å². The highest BCUT2D eigenvalue weighted by Gasteiger charge is 2.11. The van der Waals surface area contributed by atoms with Crippen molar-refractivity contribution >= 4 is 34.4 Å². The number of nitrogens with zero attached hydrogens (tertiary/aromatic N) is 3. The van der Waals surface area contributed by atoms with E-state index in [1.165, 1.54) is 5.56 Å². The summed E-state index contributed by atoms with van der Waals surface area (Å²) in [5.41, 5.74) is 4.01. The number of rotatable bonds is 4. The van der Waals surface area contributed by atoms with E-state index in [-0.39, 0.29) is 0 Å². The van der Waals surface area contributed by atoms with Crippen molar-refractivity contribution < 1.29 is 0 Å². The monoisotopic (exact) mass is 319 g/mol. The molecule has 0 aliphatic carbocycles. The van der Waals surface area contributed by atoms with E-state index in [0.29, 0.717) is 5.88 Å². The number of pyridine rings is 1. The quantitative estimate of drug-likeness (QED) is 0.668. The van der Waals surface area contributed by atoms with Gasteiger partial charge in [-0.1, -0.05) is 23.7 Å². The molecular formula is C16H15Cl2N3. The molecule has 108 valence electrons. The number of hydrogen-bond acceptors (Lipinski definition) is 2. The Balaban J connectivity index is 1.91. The van der Waals surface area contributed by atoms with E-state index < -0.39 is 0 Å². The Morgan fingerprint density at radius 3 is 2.52 bits per heavy atom. The SMILES string of the molecule is Cc1ccc2nc(CCl)n(CCc3ccc(Cl)cc3)c2n1. The smallest absolute Gasteiger partial charge is 0.160 e. The highest BCUT2D eigenvalue weighted by Crippen LogP contribution is 2.18. The van der Waals surface area contributed by atoms with Gasteiger partial charge in [-0.2, -0.15) is 0 Å². The van der Waals surface area contributed by atoms with Gasteiger partial charge in [0.25, 0.3) is 0 Å². The molecule has 0 amide bonds. The van der Waals surface area contributed by atoms with Gasteiger partial charge in [0.1, 0.15) is 11.3 Å². The van der Waals surface area contributed by atoms with Gasteiger partial charge in [0.15, 0.2) is 5.65 Å². The maximum absolute atomic E-state index is 6.02. The number of hydrogen-bond donors (Lipinski definition) is 0. The van der Waals surface area contributed by atoms with Crippen molar-refractivity contribution in [2.45, 2.75) is 25.8 Å². The number of halogens is 2. The van der Waals surface area contributed by atoms with Crippen molar-refractivity contribution in [2.75, 3.05) is 0 Å². The van der Waals surface area contributed by atoms with Gasteiger partial charge in [0.2, 0.25) is 0 Å². The fourth-order valence-corrected chi connectivity index (χ4v) is 2.70. The molecule has 2 aromatic heterocycles. The lowest BCUT2D eigenvalue weighted by Gasteiger charge is -2.07. The van der Waals surface area contributed by atoms with Crippen LogP contribution in [0.5, 0.6) is 0 Å². The van der Waals surface area contributed by atoms with Crippen LogP contribution in [0.3, 0.4) is 0 Å². The van der Waals surface area contributed by atoms with Crippen LogP contribution in [0.1, 0.15) is 17.1 Å². The Hall–Kier alpha value is -1.58. The molecule has 21 heavy (non-hydrogen) atoms. The molecular weight excluding hydrogens is 305 g/mol. The molecule has 0 bridgehead atoms. The van der Waals surface area contributed by atoms with Gasteiger partial charge < -0.3 is 4.57 Å². The highest BCUT2D eigenvalue weighted by molar-refractivity contribution is 6.30. The van der Waals surface area contributed by atoms with E-state index >= 15 is 0 Å². The van der Waals surface area contributed by atoms with Gasteiger partial charge in [-0.05, 0) is 43.2 Å². The van der Waals surface area contributed by atoms with Crippen LogP contribution in [0.2, 0.25) is 5.02 Å². The van der Waals surface area contributed by atoms with E-state index in [4.69, 9.17) is 23.2 Å². The molecule has 0 aliphatic rings. The molecule has 0 N–H and O–H groups in total. The lowest BCUT2D eigenvalue weighted by atomic mass is 10.1. The van der Waals surface area contributed by atoms with Crippen molar-refractivity contribution in [3.8, 4) is 0 Å². The molecule has 0 saturated carbocycles. The predicted molar refractivity (Wildman–Crippen MR) is 87.0 cm³/mol. The second-order valence-electron chi connectivity index (χ2n) is 4.99. The molecule has 3 aromatic rings. The Kier molecular flexibility index (Phi) is 4.13. The first-order valence-electron chi connectivity index (χ1n) is 6.80. The van der Waals surface area contributed by atoms with Crippen LogP contribution in [0.4, 0.5) is 0 Å². The minimum atomic E-state index is 0.385. The standard InChI is InChI=1S/C16H15Cl2N3/c1-11-2-7-14-16(19-11)21(15(10-17)20-14)9-8-12-3-5-13(18)6-4-12/h2-7H,8-10H2,1H3. The van der Waals surface area contributed by atoms with E-state index in [0.717, 1.165) is 40.7 Å². The normalized spacial score (nSPS) is 11.2. The number of imidazole rings is 1. The molecule has 0 aliphatic heterocycles. The molecule has 5 heteroatoms. The molecule has 0 atom stereocenters. The number of aromatic nitrogens is 3. The van der Waals surface area contributed by atoms with Crippen LogP contribution >= 0.6 is 23.2 Å². The van der Waals surface area contributed by atoms with Gasteiger partial charge in [-0.3, -0.25) is 0 Å². The average molecular weight is 320 g/mol. The topological polar surface area (TPSA) is 30.7 Å². The zero-order valence-electron chi connectivity index (χ0n) is 11.7. The first kappa shape index (κ1) is 14.4. The fourth-order valence-electron chi connectivity index (χ4n) is 2.37. The van der Waals surface area contributed by atoms with E-state index in [2.05, 4.69) is 14.5 Å². The van der Waals surface area contributed by atoms with Crippen molar-refractivity contribution in [1.82, 2.24) is 14.5 Å². The third kappa shape index (κ3) is 3.04. The lowest BCUT2D eigenvalue weighted by molar-refractivity contribution is 0.682. The Bertz CT molecular complexity index is 763. The van der Waals surface area contributed by atoms with Crippen LogP contribution < -0.4 is 0 Å². The minimum absolute atomic E-state index is 0.385. The molecule has 0 radical (unpaired) electrons. The van der Waals surface area contributed by atoms with Crippen LogP contribution in [0, 0.1) is 6.92 Å². The summed E-state index contributed by atoms with van der Waals surface area (Å²) in [6, 6.07) is 11.9. The average Bonchev–Trinajstić information content (AvgIpc) is 2.84. The largest absolute Gasteiger partial charge is 0.311 e. The Morgan fingerprint density at radius 1 is 1.05 bits per heavy atom. The number of aryl methyl sites for hydroxylation is 3. The summed E-state index contributed by atoms with van der Waals surface area (Å²) in [6.07, 6.45) is 0.891. The summed E-state index contributed by atoms with van der Waals surface area (Å²) in [4.78, 5) is 9.14. The Morgan fingerprint density at radius 2 is 1.81 bits per heavy atom. The lowest BCUT2D eigenvalue weighted by Crippen LogP contribution is -2.06. The highest BCUT2D eigenvalue weighted by atomic mass is 35.5. The second kappa shape index (κ2) is 6.04. The number of fused-ring (bicyclic) bond motifs is 1. The molecule has 0 spiro atoms. The number of benzene rings is 1. The molecule has 1 aromatic carbocycles. The maximum atomic E-state index is 6.02. The van der Waals surface area contributed by atoms with Gasteiger partial charge in [0.05, 0.1) is 5.88 Å². The van der Waals surface area contributed by atoms with E-state index in [1.807, 2.05) is 43.3 Å². The van der Waals surface area contributed by atoms with Crippen molar-refractivity contribution in [1.29, 1.82) is 0 Å². The molecule has 3 nitrogen and oxygen atoms in total. The van der Waals surface area contributed by atoms with Crippen molar-refractivity contribution in [3.05, 3.63) is 58.5 Å². The summed E-state index contributed by atoms with van der Waals surface area (Å²) < 4.78 is 2.10. The van der Waals surface area contributed by atoms with Gasteiger partial charge in [0, 0.05) is 17.3 Å². The molecule has 0 unspecified atom stereocenters. The van der Waals surface area contributed by atoms with Crippen LogP contribution in [0.25, 0.3) is 11.2 Å². The first-order valence-corrected chi connectivity index (χ1v) is 7.72. The van der Waals surface area contributed by atoms with Crippen molar-refractivity contribution in [2.24, 2.45) is 0 Å². The maximum Gasteiger partial charge on any atom is 0.160 e. The second-order valence-corrected chi connectivity index (χ2v) is 5.69. The summed E-state index contributed by atoms with van der Waals surface area (Å²) in [5.74, 6) is 1.24. The third-order valence-corrected chi connectivity index (χ3v) is 3.96. The predicted octanol–water partition coefficient (Wildman–Crippen LogP) is 4.37. The van der Waals surface area contributed by atoms with Crippen molar-refractivity contribution in [3.63, 3.8) is 0 Å². The van der Waals surface area contributed by atoms with Gasteiger partial charge in [-0.25, -0.2) is 9.97 Å². The summed E-state index contributed by atoms with van der Waals surface area (Å²) in [6.45, 7) is 2.78. The van der Waals surface area contributed by atoms with Crippen LogP contribution in [-0.2, 0) is 18.8 Å². The Labute approximate surface area is 133 Å². The molecule has 0 fully saturated rings. The van der Waals surface area contributed by atoms with Gasteiger partial charge in [-0.15, -0.1) is 11.6 Å². The van der Waals surface area contributed by atoms with Crippen LogP contribution in [0.15, 0.2) is 36.4 Å². The molecule has 0 saturated heterocycles. The molecule has 2 heterocycles. The molecule has 3 rings (SSSR count). The zero-order chi connectivity index (χ0) is 14.8. The fraction of sp³-hybridized carbons (Fsp3) is 0.250. The zero-order valence-corrected chi connectivity index (χ0v) is 13.2. The van der Waals surface area contributed by atoms with E-state index in [9.17, 15) is 0 Å². The first-order chi connectivity index (χ1) is 10.2. The third-order valence-electron chi connectivity index (χ3n) is 3.47.